The van der Waals surface area contributed by atoms with E-state index in [9.17, 15) is 14.7 Å². The van der Waals surface area contributed by atoms with Crippen molar-refractivity contribution in [3.8, 4) is 11.1 Å². The van der Waals surface area contributed by atoms with Crippen molar-refractivity contribution >= 4 is 28.6 Å². The van der Waals surface area contributed by atoms with Crippen LogP contribution in [0.3, 0.4) is 0 Å². The Morgan fingerprint density at radius 2 is 1.76 bits per heavy atom. The number of aliphatic hydroxyl groups is 1. The first-order chi connectivity index (χ1) is 24.2. The Morgan fingerprint density at radius 1 is 1.02 bits per heavy atom. The van der Waals surface area contributed by atoms with E-state index in [1.807, 2.05) is 37.4 Å². The summed E-state index contributed by atoms with van der Waals surface area (Å²) in [7, 11) is 1.78. The molecule has 8 nitrogen and oxygen atoms in total. The van der Waals surface area contributed by atoms with Gasteiger partial charge in [0.25, 0.3) is 11.5 Å². The molecule has 270 valence electrons. The van der Waals surface area contributed by atoms with Crippen LogP contribution < -0.4 is 16.2 Å². The number of hydrogen-bond donors (Lipinski definition) is 3. The SMILES string of the molecule is C=C.CCC/C(=C\C=C(\Nc1cc(-c2cccc(NC(=O)c3cc4c(s3)CCCCC4)c2C)cn(C)c1=O)C(C)C)N1CCN(CCO)CC1. The maximum absolute atomic E-state index is 13.4. The smallest absolute Gasteiger partial charge is 0.273 e. The summed E-state index contributed by atoms with van der Waals surface area (Å²) in [5.41, 5.74) is 7.64. The van der Waals surface area contributed by atoms with E-state index in [0.29, 0.717) is 5.69 Å². The summed E-state index contributed by atoms with van der Waals surface area (Å²) < 4.78 is 1.63. The van der Waals surface area contributed by atoms with Gasteiger partial charge in [-0.25, -0.2) is 0 Å². The molecule has 1 aliphatic carbocycles. The Hall–Kier alpha value is -3.92. The highest BCUT2D eigenvalue weighted by molar-refractivity contribution is 7.14. The van der Waals surface area contributed by atoms with Gasteiger partial charge < -0.3 is 25.2 Å². The minimum atomic E-state index is -0.0948. The zero-order chi connectivity index (χ0) is 36.2. The van der Waals surface area contributed by atoms with Crippen molar-refractivity contribution in [3.63, 3.8) is 0 Å². The number of carbonyl (C=O) groups excluding carboxylic acids is 1. The molecule has 0 unspecified atom stereocenters. The molecular formula is C41H57N5O3S. The van der Waals surface area contributed by atoms with Crippen molar-refractivity contribution in [2.24, 2.45) is 13.0 Å². The summed E-state index contributed by atoms with van der Waals surface area (Å²) in [6, 6.07) is 9.97. The number of piperazine rings is 1. The van der Waals surface area contributed by atoms with E-state index in [0.717, 1.165) is 91.4 Å². The van der Waals surface area contributed by atoms with Gasteiger partial charge >= 0.3 is 0 Å². The third-order valence-corrected chi connectivity index (χ3v) is 10.8. The van der Waals surface area contributed by atoms with Crippen LogP contribution in [-0.2, 0) is 19.9 Å². The van der Waals surface area contributed by atoms with Crippen molar-refractivity contribution in [2.75, 3.05) is 50.0 Å². The maximum atomic E-state index is 13.4. The summed E-state index contributed by atoms with van der Waals surface area (Å²) in [6.45, 7) is 19.2. The van der Waals surface area contributed by atoms with Crippen LogP contribution in [0.5, 0.6) is 0 Å². The van der Waals surface area contributed by atoms with E-state index in [4.69, 9.17) is 0 Å². The van der Waals surface area contributed by atoms with Gasteiger partial charge in [0, 0.05) is 73.5 Å². The van der Waals surface area contributed by atoms with Crippen LogP contribution in [0.15, 0.2) is 78.0 Å². The number of aliphatic hydroxyl groups excluding tert-OH is 1. The second kappa shape index (κ2) is 18.9. The van der Waals surface area contributed by atoms with Gasteiger partial charge in [-0.3, -0.25) is 14.5 Å². The Kier molecular flexibility index (Phi) is 14.7. The predicted molar refractivity (Wildman–Crippen MR) is 211 cm³/mol. The zero-order valence-corrected chi connectivity index (χ0v) is 31.6. The van der Waals surface area contributed by atoms with Crippen molar-refractivity contribution in [1.29, 1.82) is 0 Å². The standard InChI is InChI=1S/C39H53N5O3S.C2H4/c1-6-11-31(44-20-18-43(19-21-44)22-23-45)16-17-33(27(2)3)40-35-24-30(26-42(5)39(35)47)32-13-10-14-34(28(32)4)41-38(46)37-25-29-12-8-7-9-15-36(29)48-37;1-2/h10,13-14,16-17,24-27,40,45H,6-9,11-12,15,18-23H2,1-5H3,(H,41,46);1-2H2/b31-16+,33-17+;. The number of allylic oxidation sites excluding steroid dienone is 4. The molecule has 2 aliphatic rings. The number of aromatic nitrogens is 1. The quantitative estimate of drug-likeness (QED) is 0.101. The Labute approximate surface area is 303 Å². The van der Waals surface area contributed by atoms with Crippen LogP contribution in [0.2, 0.25) is 0 Å². The van der Waals surface area contributed by atoms with Crippen LogP contribution in [0.25, 0.3) is 11.1 Å². The molecule has 0 radical (unpaired) electrons. The number of fused-ring (bicyclic) bond motifs is 1. The summed E-state index contributed by atoms with van der Waals surface area (Å²) in [6.07, 6.45) is 14.0. The van der Waals surface area contributed by atoms with E-state index in [1.165, 1.54) is 35.4 Å². The number of carbonyl (C=O) groups is 1. The maximum Gasteiger partial charge on any atom is 0.273 e. The molecule has 0 bridgehead atoms. The fourth-order valence-electron chi connectivity index (χ4n) is 6.72. The van der Waals surface area contributed by atoms with Crippen LogP contribution in [0.1, 0.15) is 78.6 Å². The minimum absolute atomic E-state index is 0.0645. The fourth-order valence-corrected chi connectivity index (χ4v) is 7.87. The molecule has 9 heteroatoms. The van der Waals surface area contributed by atoms with E-state index < -0.39 is 0 Å². The third kappa shape index (κ3) is 9.86. The largest absolute Gasteiger partial charge is 0.395 e. The molecule has 3 N–H and O–H groups in total. The molecule has 3 heterocycles. The first-order valence-electron chi connectivity index (χ1n) is 18.2. The Morgan fingerprint density at radius 3 is 2.46 bits per heavy atom. The number of hydrogen-bond acceptors (Lipinski definition) is 7. The molecule has 50 heavy (non-hydrogen) atoms. The van der Waals surface area contributed by atoms with Gasteiger partial charge in [-0.05, 0) is 92.0 Å². The Bertz CT molecular complexity index is 1690. The van der Waals surface area contributed by atoms with Crippen molar-refractivity contribution < 1.29 is 9.90 Å². The number of nitrogens with one attached hydrogen (secondary N) is 2. The highest BCUT2D eigenvalue weighted by Gasteiger charge is 2.20. The number of anilines is 2. The molecule has 0 atom stereocenters. The monoisotopic (exact) mass is 699 g/mol. The van der Waals surface area contributed by atoms with Gasteiger partial charge in [-0.15, -0.1) is 24.5 Å². The van der Waals surface area contributed by atoms with Crippen molar-refractivity contribution in [1.82, 2.24) is 14.4 Å². The highest BCUT2D eigenvalue weighted by atomic mass is 32.1. The summed E-state index contributed by atoms with van der Waals surface area (Å²) in [5, 5.41) is 16.0. The lowest BCUT2D eigenvalue weighted by atomic mass is 9.99. The summed E-state index contributed by atoms with van der Waals surface area (Å²) >= 11 is 1.63. The van der Waals surface area contributed by atoms with Gasteiger partial charge in [0.05, 0.1) is 11.5 Å². The Balaban J connectivity index is 0.00000276. The normalized spacial score (nSPS) is 15.6. The van der Waals surface area contributed by atoms with Crippen molar-refractivity contribution in [3.05, 3.63) is 104 Å². The van der Waals surface area contributed by atoms with E-state index in [1.54, 1.807) is 23.0 Å². The lowest BCUT2D eigenvalue weighted by Gasteiger charge is -2.37. The molecule has 1 fully saturated rings. The predicted octanol–water partition coefficient (Wildman–Crippen LogP) is 7.99. The van der Waals surface area contributed by atoms with Gasteiger partial charge in [0.1, 0.15) is 5.69 Å². The van der Waals surface area contributed by atoms with Crippen molar-refractivity contribution in [2.45, 2.75) is 72.6 Å². The van der Waals surface area contributed by atoms with Gasteiger partial charge in [-0.1, -0.05) is 45.7 Å². The molecule has 1 aliphatic heterocycles. The molecule has 1 aromatic carbocycles. The number of β-amino-alcohol motifs (C(OH)–C–C–N with tert-alkyl or cyclic N) is 1. The second-order valence-electron chi connectivity index (χ2n) is 13.5. The average molecular weight is 700 g/mol. The van der Waals surface area contributed by atoms with Gasteiger partial charge in [0.15, 0.2) is 0 Å². The van der Waals surface area contributed by atoms with Crippen LogP contribution >= 0.6 is 11.3 Å². The third-order valence-electron chi connectivity index (χ3n) is 9.60. The molecule has 0 spiro atoms. The lowest BCUT2D eigenvalue weighted by Crippen LogP contribution is -2.46. The number of rotatable bonds is 12. The molecule has 2 aromatic heterocycles. The number of nitrogens with zero attached hydrogens (tertiary/aromatic N) is 3. The lowest BCUT2D eigenvalue weighted by molar-refractivity contribution is 0.103. The fraction of sp³-hybridized carbons (Fsp3) is 0.463. The zero-order valence-electron chi connectivity index (χ0n) is 30.8. The van der Waals surface area contributed by atoms with E-state index in [-0.39, 0.29) is 24.0 Å². The molecule has 5 rings (SSSR count). The van der Waals surface area contributed by atoms with Gasteiger partial charge in [-0.2, -0.15) is 0 Å². The first-order valence-corrected chi connectivity index (χ1v) is 19.0. The number of thiophene rings is 1. The van der Waals surface area contributed by atoms with Crippen LogP contribution in [0, 0.1) is 12.8 Å². The molecule has 1 saturated heterocycles. The first kappa shape index (κ1) is 38.9. The number of aryl methyl sites for hydroxylation is 3. The molecule has 3 aromatic rings. The number of amides is 1. The molecule has 0 saturated carbocycles. The van der Waals surface area contributed by atoms with E-state index in [2.05, 4.69) is 72.6 Å². The topological polar surface area (TPSA) is 89.8 Å². The highest BCUT2D eigenvalue weighted by Crippen LogP contribution is 2.32. The summed E-state index contributed by atoms with van der Waals surface area (Å²) in [4.78, 5) is 33.7. The van der Waals surface area contributed by atoms with Gasteiger partial charge in [0.2, 0.25) is 0 Å². The second-order valence-corrected chi connectivity index (χ2v) is 14.6. The summed E-state index contributed by atoms with van der Waals surface area (Å²) in [5.74, 6) is 0.108. The average Bonchev–Trinajstić information content (AvgIpc) is 3.40. The minimum Gasteiger partial charge on any atom is -0.395 e. The molecular weight excluding hydrogens is 643 g/mol. The van der Waals surface area contributed by atoms with E-state index >= 15 is 0 Å². The number of benzene rings is 1. The molecule has 1 amide bonds. The number of pyridine rings is 1. The van der Waals surface area contributed by atoms with Crippen LogP contribution in [0.4, 0.5) is 11.4 Å². The van der Waals surface area contributed by atoms with Crippen LogP contribution in [-0.4, -0.2) is 64.7 Å².